The molecule has 2 N–H and O–H groups in total. The number of amides is 1. The Balaban J connectivity index is 0.00000312. The summed E-state index contributed by atoms with van der Waals surface area (Å²) < 4.78 is 23.1. The van der Waals surface area contributed by atoms with Crippen molar-refractivity contribution in [2.45, 2.75) is 32.2 Å². The van der Waals surface area contributed by atoms with Crippen LogP contribution in [0.15, 0.2) is 17.1 Å². The van der Waals surface area contributed by atoms with Crippen molar-refractivity contribution in [1.82, 2.24) is 15.5 Å². The van der Waals surface area contributed by atoms with Crippen molar-refractivity contribution >= 4 is 45.7 Å². The largest absolute Gasteiger partial charge is 0.356 e. The summed E-state index contributed by atoms with van der Waals surface area (Å²) in [6.45, 7) is 7.52. The molecule has 0 aromatic carbocycles. The third kappa shape index (κ3) is 7.51. The second-order valence-corrected chi connectivity index (χ2v) is 9.15. The number of hydrogen-bond acceptors (Lipinski definition) is 4. The summed E-state index contributed by atoms with van der Waals surface area (Å²) in [5.41, 5.74) is 0.954. The molecule has 2 saturated heterocycles. The highest BCUT2D eigenvalue weighted by Gasteiger charge is 2.28. The molecule has 2 unspecified atom stereocenters. The van der Waals surface area contributed by atoms with Crippen LogP contribution in [0.2, 0.25) is 0 Å². The number of rotatable bonds is 5. The number of halogens is 1. The van der Waals surface area contributed by atoms with Crippen LogP contribution in [-0.2, 0) is 14.6 Å². The topological polar surface area (TPSA) is 90.9 Å². The molecule has 0 aromatic heterocycles. The smallest absolute Gasteiger partial charge is 0.222 e. The van der Waals surface area contributed by atoms with Crippen molar-refractivity contribution in [3.8, 4) is 0 Å². The van der Waals surface area contributed by atoms with Gasteiger partial charge in [-0.1, -0.05) is 12.2 Å². The van der Waals surface area contributed by atoms with Crippen LogP contribution in [0.4, 0.5) is 0 Å². The van der Waals surface area contributed by atoms with E-state index in [0.29, 0.717) is 38.4 Å². The number of sulfone groups is 1. The first kappa shape index (κ1) is 22.2. The molecular weight excluding hydrogens is 455 g/mol. The Labute approximate surface area is 167 Å². The highest BCUT2D eigenvalue weighted by molar-refractivity contribution is 14.0. The summed E-state index contributed by atoms with van der Waals surface area (Å²) in [6.07, 6.45) is 2.00. The standard InChI is InChI=1S/C16H28N4O3S.HI/c1-12(2)8-17-16(18-9-13-6-7-24(22,23)11-13)19-14-4-5-15(21)20(3)10-14;/h13-14H,1,4-11H2,2-3H3,(H2,17,18,19);1H. The molecule has 0 bridgehead atoms. The highest BCUT2D eigenvalue weighted by Crippen LogP contribution is 2.17. The molecule has 2 rings (SSSR count). The molecule has 0 radical (unpaired) electrons. The zero-order valence-electron chi connectivity index (χ0n) is 15.0. The number of likely N-dealkylation sites (N-methyl/N-ethyl adjacent to an activating group) is 1. The Bertz CT molecular complexity index is 621. The zero-order valence-corrected chi connectivity index (χ0v) is 18.1. The zero-order chi connectivity index (χ0) is 17.7. The molecule has 0 aromatic rings. The summed E-state index contributed by atoms with van der Waals surface area (Å²) in [5.74, 6) is 1.48. The molecule has 2 heterocycles. The van der Waals surface area contributed by atoms with Gasteiger partial charge >= 0.3 is 0 Å². The Kier molecular flexibility index (Phi) is 8.66. The lowest BCUT2D eigenvalue weighted by Crippen LogP contribution is -2.52. The van der Waals surface area contributed by atoms with Gasteiger partial charge in [-0.2, -0.15) is 0 Å². The van der Waals surface area contributed by atoms with Crippen molar-refractivity contribution in [3.63, 3.8) is 0 Å². The minimum atomic E-state index is -2.87. The van der Waals surface area contributed by atoms with Crippen LogP contribution in [0.1, 0.15) is 26.2 Å². The molecule has 144 valence electrons. The molecular formula is C16H29IN4O3S. The van der Waals surface area contributed by atoms with Crippen LogP contribution >= 0.6 is 24.0 Å². The first-order valence-corrected chi connectivity index (χ1v) is 10.2. The lowest BCUT2D eigenvalue weighted by molar-refractivity contribution is -0.132. The number of likely N-dealkylation sites (tertiary alicyclic amines) is 1. The molecule has 9 heteroatoms. The summed E-state index contributed by atoms with van der Waals surface area (Å²) in [7, 11) is -1.06. The maximum Gasteiger partial charge on any atom is 0.222 e. The predicted molar refractivity (Wildman–Crippen MR) is 111 cm³/mol. The van der Waals surface area contributed by atoms with Gasteiger partial charge in [-0.15, -0.1) is 24.0 Å². The van der Waals surface area contributed by atoms with E-state index in [4.69, 9.17) is 0 Å². The van der Waals surface area contributed by atoms with Gasteiger partial charge in [-0.3, -0.25) is 4.79 Å². The second kappa shape index (κ2) is 9.75. The summed E-state index contributed by atoms with van der Waals surface area (Å²) in [6, 6.07) is 0.149. The van der Waals surface area contributed by atoms with Crippen molar-refractivity contribution in [3.05, 3.63) is 12.2 Å². The van der Waals surface area contributed by atoms with Gasteiger partial charge in [0, 0.05) is 32.6 Å². The fourth-order valence-electron chi connectivity index (χ4n) is 2.96. The van der Waals surface area contributed by atoms with E-state index in [0.717, 1.165) is 12.0 Å². The van der Waals surface area contributed by atoms with Crippen LogP contribution in [0.5, 0.6) is 0 Å². The lowest BCUT2D eigenvalue weighted by Gasteiger charge is -2.31. The first-order chi connectivity index (χ1) is 11.2. The average Bonchev–Trinajstić information content (AvgIpc) is 2.85. The van der Waals surface area contributed by atoms with Crippen LogP contribution < -0.4 is 10.6 Å². The molecule has 2 aliphatic rings. The minimum Gasteiger partial charge on any atom is -0.356 e. The number of guanidine groups is 1. The van der Waals surface area contributed by atoms with Gasteiger partial charge < -0.3 is 15.5 Å². The fraction of sp³-hybridized carbons (Fsp3) is 0.750. The van der Waals surface area contributed by atoms with E-state index in [9.17, 15) is 13.2 Å². The van der Waals surface area contributed by atoms with E-state index in [-0.39, 0.29) is 53.3 Å². The highest BCUT2D eigenvalue weighted by atomic mass is 127. The molecule has 25 heavy (non-hydrogen) atoms. The second-order valence-electron chi connectivity index (χ2n) is 6.93. The van der Waals surface area contributed by atoms with Gasteiger partial charge in [-0.25, -0.2) is 13.4 Å². The third-order valence-electron chi connectivity index (χ3n) is 4.36. The quantitative estimate of drug-likeness (QED) is 0.261. The van der Waals surface area contributed by atoms with E-state index in [2.05, 4.69) is 22.2 Å². The van der Waals surface area contributed by atoms with Crippen molar-refractivity contribution in [1.29, 1.82) is 0 Å². The van der Waals surface area contributed by atoms with Gasteiger partial charge in [0.1, 0.15) is 0 Å². The average molecular weight is 484 g/mol. The van der Waals surface area contributed by atoms with Crippen LogP contribution in [0, 0.1) is 5.92 Å². The number of hydrogen-bond donors (Lipinski definition) is 2. The maximum absolute atomic E-state index is 11.6. The van der Waals surface area contributed by atoms with Crippen LogP contribution in [-0.4, -0.2) is 69.4 Å². The number of aliphatic imine (C=N–C) groups is 1. The van der Waals surface area contributed by atoms with E-state index in [1.165, 1.54) is 0 Å². The molecule has 0 saturated carbocycles. The number of carbonyl (C=O) groups is 1. The van der Waals surface area contributed by atoms with E-state index in [1.807, 2.05) is 6.92 Å². The van der Waals surface area contributed by atoms with Gasteiger partial charge in [0.25, 0.3) is 0 Å². The monoisotopic (exact) mass is 484 g/mol. The minimum absolute atomic E-state index is 0. The summed E-state index contributed by atoms with van der Waals surface area (Å²) >= 11 is 0. The van der Waals surface area contributed by atoms with E-state index in [1.54, 1.807) is 11.9 Å². The molecule has 1 amide bonds. The number of nitrogens with zero attached hydrogens (tertiary/aromatic N) is 2. The van der Waals surface area contributed by atoms with Crippen molar-refractivity contribution in [2.75, 3.05) is 38.2 Å². The maximum atomic E-state index is 11.6. The molecule has 2 aliphatic heterocycles. The molecule has 7 nitrogen and oxygen atoms in total. The molecule has 0 aliphatic carbocycles. The first-order valence-electron chi connectivity index (χ1n) is 8.39. The van der Waals surface area contributed by atoms with Crippen molar-refractivity contribution < 1.29 is 13.2 Å². The van der Waals surface area contributed by atoms with Gasteiger partial charge in [-0.05, 0) is 25.7 Å². The molecule has 0 spiro atoms. The van der Waals surface area contributed by atoms with Gasteiger partial charge in [0.05, 0.1) is 18.1 Å². The summed E-state index contributed by atoms with van der Waals surface area (Å²) in [4.78, 5) is 17.8. The van der Waals surface area contributed by atoms with Gasteiger partial charge in [0.15, 0.2) is 15.8 Å². The fourth-order valence-corrected chi connectivity index (χ4v) is 4.83. The Morgan fingerprint density at radius 2 is 2.12 bits per heavy atom. The Hall–Kier alpha value is -0.840. The predicted octanol–water partition coefficient (Wildman–Crippen LogP) is 0.771. The van der Waals surface area contributed by atoms with Gasteiger partial charge in [0.2, 0.25) is 5.91 Å². The lowest BCUT2D eigenvalue weighted by atomic mass is 10.1. The Morgan fingerprint density at radius 3 is 2.68 bits per heavy atom. The number of piperidine rings is 1. The number of nitrogens with one attached hydrogen (secondary N) is 2. The molecule has 2 fully saturated rings. The van der Waals surface area contributed by atoms with E-state index >= 15 is 0 Å². The van der Waals surface area contributed by atoms with E-state index < -0.39 is 9.84 Å². The SMILES string of the molecule is C=C(C)CN=C(NCC1CCS(=O)(=O)C1)NC1CCC(=O)N(C)C1.I. The molecule has 2 atom stereocenters. The third-order valence-corrected chi connectivity index (χ3v) is 6.20. The summed E-state index contributed by atoms with van der Waals surface area (Å²) in [5, 5.41) is 6.62. The van der Waals surface area contributed by atoms with Crippen molar-refractivity contribution in [2.24, 2.45) is 10.9 Å². The normalized spacial score (nSPS) is 26.1. The number of carbonyl (C=O) groups excluding carboxylic acids is 1. The van der Waals surface area contributed by atoms with Crippen LogP contribution in [0.25, 0.3) is 0 Å². The van der Waals surface area contributed by atoms with Crippen LogP contribution in [0.3, 0.4) is 0 Å². The Morgan fingerprint density at radius 1 is 1.40 bits per heavy atom.